The lowest BCUT2D eigenvalue weighted by atomic mass is 10.0. The summed E-state index contributed by atoms with van der Waals surface area (Å²) in [5, 5.41) is 4.25. The van der Waals surface area contributed by atoms with E-state index in [9.17, 15) is 4.79 Å². The van der Waals surface area contributed by atoms with E-state index in [1.807, 2.05) is 29.2 Å². The summed E-state index contributed by atoms with van der Waals surface area (Å²) >= 11 is 0. The Labute approximate surface area is 150 Å². The molecule has 1 aliphatic carbocycles. The summed E-state index contributed by atoms with van der Waals surface area (Å²) in [6.45, 7) is 3.54. The van der Waals surface area contributed by atoms with Gasteiger partial charge in [0.25, 0.3) is 0 Å². The summed E-state index contributed by atoms with van der Waals surface area (Å²) in [7, 11) is 1.66. The lowest BCUT2D eigenvalue weighted by molar-refractivity contribution is -0.137. The van der Waals surface area contributed by atoms with Crippen LogP contribution in [0.2, 0.25) is 0 Å². The Balaban J connectivity index is 1.58. The number of carbonyl (C=O) groups excluding carboxylic acids is 1. The predicted molar refractivity (Wildman–Crippen MR) is 97.9 cm³/mol. The standard InChI is InChI=1S/C20H28N2O3/c1-3-12-22(20(23)16-6-4-5-7-16)14-18-13-19(21-25-18)15-8-10-17(24-2)11-9-15/h8-11,16,18H,3-7,12-14H2,1-2H3/t18-/m0/s1. The molecule has 136 valence electrons. The van der Waals surface area contributed by atoms with Crippen LogP contribution in [-0.2, 0) is 9.63 Å². The Hall–Kier alpha value is -2.04. The number of amides is 1. The van der Waals surface area contributed by atoms with Crippen molar-refractivity contribution in [3.8, 4) is 5.75 Å². The van der Waals surface area contributed by atoms with Gasteiger partial charge >= 0.3 is 0 Å². The third kappa shape index (κ3) is 4.33. The molecule has 1 atom stereocenters. The van der Waals surface area contributed by atoms with Gasteiger partial charge in [-0.3, -0.25) is 4.79 Å². The average molecular weight is 344 g/mol. The highest BCUT2D eigenvalue weighted by Gasteiger charge is 2.31. The normalized spacial score (nSPS) is 20.2. The maximum atomic E-state index is 12.8. The van der Waals surface area contributed by atoms with Crippen LogP contribution in [0.3, 0.4) is 0 Å². The largest absolute Gasteiger partial charge is 0.497 e. The van der Waals surface area contributed by atoms with E-state index in [2.05, 4.69) is 12.1 Å². The van der Waals surface area contributed by atoms with Crippen LogP contribution < -0.4 is 4.74 Å². The van der Waals surface area contributed by atoms with Gasteiger partial charge in [0.2, 0.25) is 5.91 Å². The van der Waals surface area contributed by atoms with Gasteiger partial charge in [0.1, 0.15) is 5.75 Å². The summed E-state index contributed by atoms with van der Waals surface area (Å²) in [5.41, 5.74) is 1.99. The summed E-state index contributed by atoms with van der Waals surface area (Å²) in [6, 6.07) is 7.85. The summed E-state index contributed by atoms with van der Waals surface area (Å²) < 4.78 is 5.19. The lowest BCUT2D eigenvalue weighted by Crippen LogP contribution is -2.41. The first-order chi connectivity index (χ1) is 12.2. The molecule has 0 radical (unpaired) electrons. The lowest BCUT2D eigenvalue weighted by Gasteiger charge is -2.27. The molecule has 1 saturated carbocycles. The van der Waals surface area contributed by atoms with E-state index in [1.54, 1.807) is 7.11 Å². The fourth-order valence-electron chi connectivity index (χ4n) is 3.72. The van der Waals surface area contributed by atoms with Crippen LogP contribution in [0.15, 0.2) is 29.4 Å². The SMILES string of the molecule is CCCN(C[C@@H]1CC(c2ccc(OC)cc2)=NO1)C(=O)C1CCCC1. The molecule has 0 N–H and O–H groups in total. The highest BCUT2D eigenvalue weighted by molar-refractivity contribution is 6.01. The molecule has 0 saturated heterocycles. The molecule has 0 spiro atoms. The number of carbonyl (C=O) groups is 1. The van der Waals surface area contributed by atoms with Crippen molar-refractivity contribution < 1.29 is 14.4 Å². The molecule has 1 amide bonds. The van der Waals surface area contributed by atoms with E-state index >= 15 is 0 Å². The first-order valence-electron chi connectivity index (χ1n) is 9.37. The zero-order valence-corrected chi connectivity index (χ0v) is 15.2. The summed E-state index contributed by atoms with van der Waals surface area (Å²) in [5.74, 6) is 1.35. The van der Waals surface area contributed by atoms with E-state index in [-0.39, 0.29) is 12.0 Å². The molecule has 0 aromatic heterocycles. The molecular formula is C20H28N2O3. The number of benzene rings is 1. The Kier molecular flexibility index (Phi) is 5.95. The van der Waals surface area contributed by atoms with Gasteiger partial charge in [-0.1, -0.05) is 24.9 Å². The third-order valence-corrected chi connectivity index (χ3v) is 5.09. The molecule has 2 aliphatic rings. The molecule has 1 aliphatic heterocycles. The topological polar surface area (TPSA) is 51.1 Å². The Morgan fingerprint density at radius 3 is 2.64 bits per heavy atom. The molecule has 0 unspecified atom stereocenters. The van der Waals surface area contributed by atoms with Crippen LogP contribution in [0.4, 0.5) is 0 Å². The molecular weight excluding hydrogens is 316 g/mol. The highest BCUT2D eigenvalue weighted by atomic mass is 16.6. The third-order valence-electron chi connectivity index (χ3n) is 5.09. The van der Waals surface area contributed by atoms with Crippen molar-refractivity contribution in [2.75, 3.05) is 20.2 Å². The first-order valence-corrected chi connectivity index (χ1v) is 9.37. The molecule has 25 heavy (non-hydrogen) atoms. The molecule has 1 aromatic carbocycles. The second-order valence-electron chi connectivity index (χ2n) is 6.96. The predicted octanol–water partition coefficient (Wildman–Crippen LogP) is 3.62. The van der Waals surface area contributed by atoms with Crippen LogP contribution in [-0.4, -0.2) is 42.8 Å². The number of nitrogens with zero attached hydrogens (tertiary/aromatic N) is 2. The first kappa shape index (κ1) is 17.8. The van der Waals surface area contributed by atoms with Gasteiger partial charge in [0.05, 0.1) is 19.4 Å². The zero-order chi connectivity index (χ0) is 17.6. The molecule has 1 fully saturated rings. The van der Waals surface area contributed by atoms with Crippen molar-refractivity contribution in [1.29, 1.82) is 0 Å². The van der Waals surface area contributed by atoms with E-state index in [0.717, 1.165) is 49.3 Å². The summed E-state index contributed by atoms with van der Waals surface area (Å²) in [6.07, 6.45) is 6.11. The van der Waals surface area contributed by atoms with E-state index in [1.165, 1.54) is 12.8 Å². The van der Waals surface area contributed by atoms with Crippen molar-refractivity contribution in [2.45, 2.75) is 51.6 Å². The number of oxime groups is 1. The van der Waals surface area contributed by atoms with Crippen molar-refractivity contribution in [2.24, 2.45) is 11.1 Å². The van der Waals surface area contributed by atoms with E-state index in [4.69, 9.17) is 9.57 Å². The quantitative estimate of drug-likeness (QED) is 0.759. The molecule has 5 nitrogen and oxygen atoms in total. The fourth-order valence-corrected chi connectivity index (χ4v) is 3.72. The van der Waals surface area contributed by atoms with Crippen molar-refractivity contribution >= 4 is 11.6 Å². The molecule has 0 bridgehead atoms. The van der Waals surface area contributed by atoms with Crippen molar-refractivity contribution in [3.63, 3.8) is 0 Å². The number of hydrogen-bond acceptors (Lipinski definition) is 4. The molecule has 1 heterocycles. The van der Waals surface area contributed by atoms with Crippen LogP contribution in [0.1, 0.15) is 51.0 Å². The average Bonchev–Trinajstić information content (AvgIpc) is 3.33. The zero-order valence-electron chi connectivity index (χ0n) is 15.2. The minimum Gasteiger partial charge on any atom is -0.497 e. The second-order valence-corrected chi connectivity index (χ2v) is 6.96. The second kappa shape index (κ2) is 8.37. The van der Waals surface area contributed by atoms with Gasteiger partial charge in [0.15, 0.2) is 6.10 Å². The number of ether oxygens (including phenoxy) is 1. The Bertz CT molecular complexity index is 606. The van der Waals surface area contributed by atoms with Crippen LogP contribution >= 0.6 is 0 Å². The minimum absolute atomic E-state index is 0.0472. The maximum Gasteiger partial charge on any atom is 0.225 e. The molecule has 3 rings (SSSR count). The van der Waals surface area contributed by atoms with Gasteiger partial charge in [-0.25, -0.2) is 0 Å². The number of hydrogen-bond donors (Lipinski definition) is 0. The maximum absolute atomic E-state index is 12.8. The van der Waals surface area contributed by atoms with Crippen molar-refractivity contribution in [1.82, 2.24) is 4.90 Å². The van der Waals surface area contributed by atoms with Gasteiger partial charge in [-0.05, 0) is 49.1 Å². The monoisotopic (exact) mass is 344 g/mol. The smallest absolute Gasteiger partial charge is 0.225 e. The highest BCUT2D eigenvalue weighted by Crippen LogP contribution is 2.27. The van der Waals surface area contributed by atoms with Gasteiger partial charge in [0, 0.05) is 18.9 Å². The van der Waals surface area contributed by atoms with Crippen LogP contribution in [0.5, 0.6) is 5.75 Å². The van der Waals surface area contributed by atoms with Gasteiger partial charge in [-0.15, -0.1) is 0 Å². The van der Waals surface area contributed by atoms with Gasteiger partial charge in [-0.2, -0.15) is 0 Å². The van der Waals surface area contributed by atoms with E-state index < -0.39 is 0 Å². The van der Waals surface area contributed by atoms with Crippen LogP contribution in [0.25, 0.3) is 0 Å². The fraction of sp³-hybridized carbons (Fsp3) is 0.600. The molecule has 5 heteroatoms. The van der Waals surface area contributed by atoms with E-state index in [0.29, 0.717) is 12.5 Å². The number of rotatable bonds is 7. The Morgan fingerprint density at radius 2 is 2.00 bits per heavy atom. The number of methoxy groups -OCH3 is 1. The molecule has 1 aromatic rings. The van der Waals surface area contributed by atoms with Crippen molar-refractivity contribution in [3.05, 3.63) is 29.8 Å². The summed E-state index contributed by atoms with van der Waals surface area (Å²) in [4.78, 5) is 20.4. The Morgan fingerprint density at radius 1 is 1.28 bits per heavy atom. The minimum atomic E-state index is -0.0472. The van der Waals surface area contributed by atoms with Crippen LogP contribution in [0, 0.1) is 5.92 Å². The van der Waals surface area contributed by atoms with Gasteiger partial charge < -0.3 is 14.5 Å².